The first kappa shape index (κ1) is 29.7. The summed E-state index contributed by atoms with van der Waals surface area (Å²) in [5.74, 6) is -5.14. The normalized spacial score (nSPS) is 36.9. The predicted molar refractivity (Wildman–Crippen MR) is 129 cm³/mol. The molecule has 3 rings (SSSR count). The molecule has 0 spiro atoms. The van der Waals surface area contributed by atoms with E-state index in [1.807, 2.05) is 6.92 Å². The van der Waals surface area contributed by atoms with Gasteiger partial charge in [0.15, 0.2) is 12.1 Å². The highest BCUT2D eigenvalue weighted by atomic mass is 16.8. The van der Waals surface area contributed by atoms with Gasteiger partial charge in [0, 0.05) is 12.8 Å². The highest BCUT2D eigenvalue weighted by Crippen LogP contribution is 2.38. The third-order valence-corrected chi connectivity index (χ3v) is 7.03. The summed E-state index contributed by atoms with van der Waals surface area (Å²) in [5, 5.41) is 30.4. The van der Waals surface area contributed by atoms with E-state index in [-0.39, 0.29) is 12.3 Å². The van der Waals surface area contributed by atoms with Crippen molar-refractivity contribution in [1.82, 2.24) is 21.3 Å². The van der Waals surface area contributed by atoms with E-state index in [9.17, 15) is 29.1 Å². The molecule has 0 saturated carbocycles. The maximum absolute atomic E-state index is 13.4. The molecule has 0 aromatic rings. The third-order valence-electron chi connectivity index (χ3n) is 7.03. The zero-order valence-electron chi connectivity index (χ0n) is 22.2. The van der Waals surface area contributed by atoms with Crippen LogP contribution in [0.1, 0.15) is 60.3 Å². The fourth-order valence-corrected chi connectivity index (χ4v) is 4.72. The average molecular weight is 543 g/mol. The van der Waals surface area contributed by atoms with E-state index < -0.39 is 97.0 Å². The molecule has 3 aliphatic heterocycles. The predicted octanol–water partition coefficient (Wildman–Crippen LogP) is -1.50. The van der Waals surface area contributed by atoms with Crippen LogP contribution in [-0.2, 0) is 38.2 Å². The van der Waals surface area contributed by atoms with Gasteiger partial charge in [0.25, 0.3) is 0 Å². The summed E-state index contributed by atoms with van der Waals surface area (Å²) in [7, 11) is 0. The fourth-order valence-electron chi connectivity index (χ4n) is 4.72. The lowest BCUT2D eigenvalue weighted by Gasteiger charge is -2.31. The van der Waals surface area contributed by atoms with Gasteiger partial charge >= 0.3 is 5.97 Å². The van der Waals surface area contributed by atoms with Gasteiger partial charge in [-0.3, -0.25) is 24.0 Å². The number of carboxylic acid groups (broad SMARTS) is 1. The molecule has 4 amide bonds. The lowest BCUT2D eigenvalue weighted by molar-refractivity contribution is -0.218. The summed E-state index contributed by atoms with van der Waals surface area (Å²) in [4.78, 5) is 63.3. The Balaban J connectivity index is 1.91. The maximum Gasteiger partial charge on any atom is 0.303 e. The monoisotopic (exact) mass is 542 g/mol. The molecule has 9 atom stereocenters. The molecule has 0 aromatic carbocycles. The van der Waals surface area contributed by atoms with Crippen LogP contribution in [0.2, 0.25) is 0 Å². The molecule has 0 radical (unpaired) electrons. The second-order valence-corrected chi connectivity index (χ2v) is 10.5. The van der Waals surface area contributed by atoms with Crippen LogP contribution in [0.5, 0.6) is 0 Å². The summed E-state index contributed by atoms with van der Waals surface area (Å²) in [6.45, 7) is 8.35. The van der Waals surface area contributed by atoms with Crippen LogP contribution < -0.4 is 21.3 Å². The minimum Gasteiger partial charge on any atom is -0.481 e. The van der Waals surface area contributed by atoms with E-state index in [0.717, 1.165) is 0 Å². The van der Waals surface area contributed by atoms with Gasteiger partial charge in [-0.25, -0.2) is 0 Å². The summed E-state index contributed by atoms with van der Waals surface area (Å²) in [6, 6.07) is -4.43. The molecule has 38 heavy (non-hydrogen) atoms. The molecule has 6 N–H and O–H groups in total. The van der Waals surface area contributed by atoms with Gasteiger partial charge in [0.05, 0.1) is 6.04 Å². The van der Waals surface area contributed by atoms with E-state index in [4.69, 9.17) is 19.3 Å². The zero-order valence-corrected chi connectivity index (χ0v) is 22.2. The highest BCUT2D eigenvalue weighted by molar-refractivity contribution is 5.95. The summed E-state index contributed by atoms with van der Waals surface area (Å²) in [6.07, 6.45) is -4.69. The Kier molecular flexibility index (Phi) is 9.34. The lowest BCUT2D eigenvalue weighted by atomic mass is 9.95. The first-order valence-electron chi connectivity index (χ1n) is 12.8. The fraction of sp³-hybridized carbons (Fsp3) is 0.792. The van der Waals surface area contributed by atoms with Crippen LogP contribution in [0.4, 0.5) is 0 Å². The number of amides is 4. The molecular weight excluding hydrogens is 504 g/mol. The Labute approximate surface area is 220 Å². The molecule has 3 aliphatic rings. The number of fused-ring (bicyclic) bond motifs is 1. The van der Waals surface area contributed by atoms with E-state index in [2.05, 4.69) is 21.3 Å². The van der Waals surface area contributed by atoms with E-state index in [1.165, 1.54) is 6.92 Å². The van der Waals surface area contributed by atoms with E-state index in [0.29, 0.717) is 6.42 Å². The van der Waals surface area contributed by atoms with Crippen molar-refractivity contribution >= 4 is 29.6 Å². The maximum atomic E-state index is 13.4. The van der Waals surface area contributed by atoms with Crippen LogP contribution in [0.25, 0.3) is 0 Å². The number of carbonyl (C=O) groups excluding carboxylic acids is 4. The minimum absolute atomic E-state index is 0.225. The van der Waals surface area contributed by atoms with Crippen molar-refractivity contribution in [3.05, 3.63) is 0 Å². The van der Waals surface area contributed by atoms with Crippen molar-refractivity contribution in [1.29, 1.82) is 0 Å². The van der Waals surface area contributed by atoms with Crippen molar-refractivity contribution in [2.24, 2.45) is 5.92 Å². The standard InChI is InChI=1S/C24H38N4O10/c1-6-10(2)16-22(35)27-13(18-17(32)19-23(36-18)38-24(4,5)37-19)9-14(29)26-12(7-8-15(30)31)21(34)25-11(3)20(33)28-16/h10-13,16-19,23,32H,6-9H2,1-5H3,(H,25,34)(H,26,29)(H,27,35)(H,28,33)(H,30,31)/t10?,11-,12-,13-,16-,17-,18?,19+,23+/m0/s1. The number of aliphatic hydroxyl groups excluding tert-OH is 1. The second-order valence-electron chi connectivity index (χ2n) is 10.5. The second kappa shape index (κ2) is 11.9. The minimum atomic E-state index is -1.27. The van der Waals surface area contributed by atoms with E-state index >= 15 is 0 Å². The third kappa shape index (κ3) is 6.98. The number of rotatable bonds is 6. The van der Waals surface area contributed by atoms with Gasteiger partial charge in [0.2, 0.25) is 23.6 Å². The lowest BCUT2D eigenvalue weighted by Crippen LogP contribution is -2.58. The number of hydrogen-bond acceptors (Lipinski definition) is 9. The number of ether oxygens (including phenoxy) is 3. The van der Waals surface area contributed by atoms with E-state index in [1.54, 1.807) is 20.8 Å². The largest absolute Gasteiger partial charge is 0.481 e. The van der Waals surface area contributed by atoms with Crippen molar-refractivity contribution in [2.45, 2.75) is 115 Å². The SMILES string of the molecule is CCC(C)[C@@H]1NC(=O)[C@H](C)NC(=O)[C@H](CCC(=O)O)NC(=O)C[C@@H](C2O[C@@H]3OC(C)(C)O[C@@H]3[C@H]2O)NC1=O. The smallest absolute Gasteiger partial charge is 0.303 e. The highest BCUT2D eigenvalue weighted by Gasteiger charge is 2.56. The van der Waals surface area contributed by atoms with Gasteiger partial charge in [-0.15, -0.1) is 0 Å². The van der Waals surface area contributed by atoms with Gasteiger partial charge in [-0.1, -0.05) is 20.3 Å². The van der Waals surface area contributed by atoms with Crippen molar-refractivity contribution in [3.8, 4) is 0 Å². The number of nitrogens with one attached hydrogen (secondary N) is 4. The Morgan fingerprint density at radius 2 is 1.71 bits per heavy atom. The summed E-state index contributed by atoms with van der Waals surface area (Å²) >= 11 is 0. The molecule has 14 heteroatoms. The molecule has 214 valence electrons. The van der Waals surface area contributed by atoms with Crippen molar-refractivity contribution < 1.29 is 48.4 Å². The Bertz CT molecular complexity index is 943. The Morgan fingerprint density at radius 1 is 1.03 bits per heavy atom. The average Bonchev–Trinajstić information content (AvgIpc) is 3.29. The van der Waals surface area contributed by atoms with Gasteiger partial charge in [-0.05, 0) is 33.1 Å². The van der Waals surface area contributed by atoms with Gasteiger partial charge < -0.3 is 45.7 Å². The molecule has 3 fully saturated rings. The number of hydrogen-bond donors (Lipinski definition) is 6. The molecule has 2 unspecified atom stereocenters. The molecule has 0 bridgehead atoms. The van der Waals surface area contributed by atoms with Crippen LogP contribution in [0.3, 0.4) is 0 Å². The van der Waals surface area contributed by atoms with Crippen LogP contribution in [0, 0.1) is 5.92 Å². The van der Waals surface area contributed by atoms with Crippen LogP contribution >= 0.6 is 0 Å². The summed E-state index contributed by atoms with van der Waals surface area (Å²) in [5.41, 5.74) is 0. The van der Waals surface area contributed by atoms with Crippen LogP contribution in [0.15, 0.2) is 0 Å². The molecule has 0 aromatic heterocycles. The van der Waals surface area contributed by atoms with Crippen LogP contribution in [-0.4, -0.2) is 94.4 Å². The number of carbonyl (C=O) groups is 5. The number of aliphatic carboxylic acids is 1. The molecule has 14 nitrogen and oxygen atoms in total. The topological polar surface area (TPSA) is 202 Å². The molecular formula is C24H38N4O10. The van der Waals surface area contributed by atoms with Gasteiger partial charge in [0.1, 0.15) is 36.4 Å². The Hall–Kier alpha value is -2.81. The number of carboxylic acids is 1. The quantitative estimate of drug-likeness (QED) is 0.229. The summed E-state index contributed by atoms with van der Waals surface area (Å²) < 4.78 is 17.3. The molecule has 3 saturated heterocycles. The molecule has 3 heterocycles. The van der Waals surface area contributed by atoms with Crippen molar-refractivity contribution in [2.75, 3.05) is 0 Å². The molecule has 0 aliphatic carbocycles. The first-order valence-corrected chi connectivity index (χ1v) is 12.8. The van der Waals surface area contributed by atoms with Gasteiger partial charge in [-0.2, -0.15) is 0 Å². The van der Waals surface area contributed by atoms with Crippen molar-refractivity contribution in [3.63, 3.8) is 0 Å². The number of aliphatic hydroxyl groups is 1. The first-order chi connectivity index (χ1) is 17.7. The zero-order chi connectivity index (χ0) is 28.4. The Morgan fingerprint density at radius 3 is 2.32 bits per heavy atom.